The number of aldehydes is 1. The van der Waals surface area contributed by atoms with Crippen molar-refractivity contribution < 1.29 is 13.2 Å². The molecule has 0 aliphatic heterocycles. The van der Waals surface area contributed by atoms with Gasteiger partial charge in [0.1, 0.15) is 6.29 Å². The number of aryl methyl sites for hydroxylation is 1. The lowest BCUT2D eigenvalue weighted by Crippen LogP contribution is -2.30. The van der Waals surface area contributed by atoms with Crippen LogP contribution < -0.4 is 5.73 Å². The first kappa shape index (κ1) is 11.9. The Labute approximate surface area is 89.0 Å². The van der Waals surface area contributed by atoms with Crippen LogP contribution in [0.5, 0.6) is 0 Å². The highest BCUT2D eigenvalue weighted by Crippen LogP contribution is 2.12. The summed E-state index contributed by atoms with van der Waals surface area (Å²) in [5.74, 6) is -0.348. The van der Waals surface area contributed by atoms with Gasteiger partial charge in [-0.15, -0.1) is 0 Å². The zero-order valence-corrected chi connectivity index (χ0v) is 9.20. The van der Waals surface area contributed by atoms with E-state index in [1.54, 1.807) is 12.1 Å². The molecule has 0 saturated carbocycles. The van der Waals surface area contributed by atoms with Crippen molar-refractivity contribution in [3.05, 3.63) is 29.8 Å². The van der Waals surface area contributed by atoms with E-state index < -0.39 is 15.9 Å². The molecule has 0 aliphatic rings. The van der Waals surface area contributed by atoms with E-state index in [1.807, 2.05) is 6.92 Å². The number of carbonyl (C=O) groups excluding carboxylic acids is 1. The van der Waals surface area contributed by atoms with Crippen molar-refractivity contribution in [1.82, 2.24) is 0 Å². The quantitative estimate of drug-likeness (QED) is 0.750. The van der Waals surface area contributed by atoms with Gasteiger partial charge < -0.3 is 10.5 Å². The van der Waals surface area contributed by atoms with Crippen LogP contribution >= 0.6 is 0 Å². The van der Waals surface area contributed by atoms with Crippen molar-refractivity contribution in [2.24, 2.45) is 5.73 Å². The number of hydrogen-bond donors (Lipinski definition) is 1. The molecule has 5 heteroatoms. The second-order valence-corrected chi connectivity index (χ2v) is 5.43. The lowest BCUT2D eigenvalue weighted by atomic mass is 10.2. The molecule has 0 heterocycles. The summed E-state index contributed by atoms with van der Waals surface area (Å²) in [5.41, 5.74) is 6.26. The molecule has 0 spiro atoms. The van der Waals surface area contributed by atoms with Crippen LogP contribution in [0, 0.1) is 6.92 Å². The minimum absolute atomic E-state index is 0.199. The van der Waals surface area contributed by atoms with E-state index in [2.05, 4.69) is 0 Å². The monoisotopic (exact) mass is 227 g/mol. The van der Waals surface area contributed by atoms with E-state index in [0.29, 0.717) is 6.29 Å². The van der Waals surface area contributed by atoms with Gasteiger partial charge in [-0.3, -0.25) is 0 Å². The standard InChI is InChI=1S/C10H13NO3S/c1-8-2-4-10(5-3-8)15(13,14)7-9(11)6-12/h2-6,9H,7,11H2,1H3. The van der Waals surface area contributed by atoms with Gasteiger partial charge in [-0.05, 0) is 19.1 Å². The molecule has 15 heavy (non-hydrogen) atoms. The minimum atomic E-state index is -3.44. The van der Waals surface area contributed by atoms with Crippen LogP contribution in [0.3, 0.4) is 0 Å². The minimum Gasteiger partial charge on any atom is -0.321 e. The molecule has 0 aromatic heterocycles. The van der Waals surface area contributed by atoms with Gasteiger partial charge in [-0.2, -0.15) is 0 Å². The lowest BCUT2D eigenvalue weighted by Gasteiger charge is -2.06. The summed E-state index contributed by atoms with van der Waals surface area (Å²) in [6, 6.07) is 5.49. The summed E-state index contributed by atoms with van der Waals surface area (Å²) >= 11 is 0. The van der Waals surface area contributed by atoms with Crippen molar-refractivity contribution in [3.8, 4) is 0 Å². The molecule has 0 saturated heterocycles. The van der Waals surface area contributed by atoms with Gasteiger partial charge in [-0.1, -0.05) is 17.7 Å². The first-order valence-electron chi connectivity index (χ1n) is 4.46. The highest BCUT2D eigenvalue weighted by atomic mass is 32.2. The number of hydrogen-bond acceptors (Lipinski definition) is 4. The maximum absolute atomic E-state index is 11.7. The van der Waals surface area contributed by atoms with Gasteiger partial charge in [0.15, 0.2) is 9.84 Å². The van der Waals surface area contributed by atoms with E-state index in [1.165, 1.54) is 12.1 Å². The normalized spacial score (nSPS) is 13.5. The van der Waals surface area contributed by atoms with Crippen LogP contribution in [0.25, 0.3) is 0 Å². The first-order chi connectivity index (χ1) is 6.95. The Kier molecular flexibility index (Phi) is 3.60. The third kappa shape index (κ3) is 3.14. The fraction of sp³-hybridized carbons (Fsp3) is 0.300. The molecule has 0 radical (unpaired) electrons. The maximum atomic E-state index is 11.7. The van der Waals surface area contributed by atoms with Crippen molar-refractivity contribution >= 4 is 16.1 Å². The SMILES string of the molecule is Cc1ccc(S(=O)(=O)CC(N)C=O)cc1. The van der Waals surface area contributed by atoms with Crippen LogP contribution in [-0.4, -0.2) is 26.5 Å². The summed E-state index contributed by atoms with van der Waals surface area (Å²) in [7, 11) is -3.44. The topological polar surface area (TPSA) is 77.2 Å². The van der Waals surface area contributed by atoms with Gasteiger partial charge in [0.2, 0.25) is 0 Å². The smallest absolute Gasteiger partial charge is 0.180 e. The Morgan fingerprint density at radius 1 is 1.33 bits per heavy atom. The van der Waals surface area contributed by atoms with Crippen LogP contribution in [0.2, 0.25) is 0 Å². The van der Waals surface area contributed by atoms with Crippen molar-refractivity contribution in [2.75, 3.05) is 5.75 Å². The molecular formula is C10H13NO3S. The fourth-order valence-electron chi connectivity index (χ4n) is 1.13. The summed E-state index contributed by atoms with van der Waals surface area (Å²) < 4.78 is 23.3. The predicted molar refractivity (Wildman–Crippen MR) is 57.3 cm³/mol. The second-order valence-electron chi connectivity index (χ2n) is 3.39. The lowest BCUT2D eigenvalue weighted by molar-refractivity contribution is -0.108. The highest BCUT2D eigenvalue weighted by Gasteiger charge is 2.17. The Morgan fingerprint density at radius 2 is 1.87 bits per heavy atom. The third-order valence-electron chi connectivity index (χ3n) is 1.97. The summed E-state index contributed by atoms with van der Waals surface area (Å²) in [6.07, 6.45) is 0.436. The van der Waals surface area contributed by atoms with E-state index in [0.717, 1.165) is 5.56 Å². The van der Waals surface area contributed by atoms with Crippen LogP contribution in [0.15, 0.2) is 29.2 Å². The van der Waals surface area contributed by atoms with Crippen LogP contribution in [0.4, 0.5) is 0 Å². The van der Waals surface area contributed by atoms with Crippen molar-refractivity contribution in [2.45, 2.75) is 17.9 Å². The van der Waals surface area contributed by atoms with Crippen LogP contribution in [-0.2, 0) is 14.6 Å². The molecule has 1 unspecified atom stereocenters. The van der Waals surface area contributed by atoms with Gasteiger partial charge in [0.05, 0.1) is 16.7 Å². The molecule has 4 nitrogen and oxygen atoms in total. The molecule has 1 rings (SSSR count). The Bertz CT molecular complexity index is 436. The maximum Gasteiger partial charge on any atom is 0.180 e. The Hall–Kier alpha value is -1.20. The van der Waals surface area contributed by atoms with E-state index >= 15 is 0 Å². The zero-order chi connectivity index (χ0) is 11.5. The molecule has 0 amide bonds. The van der Waals surface area contributed by atoms with Gasteiger partial charge >= 0.3 is 0 Å². The molecule has 1 aromatic rings. The van der Waals surface area contributed by atoms with E-state index in [-0.39, 0.29) is 10.6 Å². The first-order valence-corrected chi connectivity index (χ1v) is 6.11. The van der Waals surface area contributed by atoms with Crippen molar-refractivity contribution in [1.29, 1.82) is 0 Å². The summed E-state index contributed by atoms with van der Waals surface area (Å²) in [4.78, 5) is 10.5. The molecule has 0 fully saturated rings. The Balaban J connectivity index is 2.96. The number of nitrogens with two attached hydrogens (primary N) is 1. The van der Waals surface area contributed by atoms with Gasteiger partial charge in [0.25, 0.3) is 0 Å². The highest BCUT2D eigenvalue weighted by molar-refractivity contribution is 7.91. The fourth-order valence-corrected chi connectivity index (χ4v) is 2.46. The number of benzene rings is 1. The average molecular weight is 227 g/mol. The third-order valence-corrected chi connectivity index (χ3v) is 3.78. The van der Waals surface area contributed by atoms with E-state index in [4.69, 9.17) is 5.73 Å². The van der Waals surface area contributed by atoms with Gasteiger partial charge in [0, 0.05) is 0 Å². The molecule has 0 aliphatic carbocycles. The van der Waals surface area contributed by atoms with Crippen molar-refractivity contribution in [3.63, 3.8) is 0 Å². The number of sulfone groups is 1. The van der Waals surface area contributed by atoms with E-state index in [9.17, 15) is 13.2 Å². The average Bonchev–Trinajstić information content (AvgIpc) is 2.17. The van der Waals surface area contributed by atoms with Gasteiger partial charge in [-0.25, -0.2) is 8.42 Å². The van der Waals surface area contributed by atoms with Crippen LogP contribution in [0.1, 0.15) is 5.56 Å². The number of carbonyl (C=O) groups is 1. The Morgan fingerprint density at radius 3 is 2.33 bits per heavy atom. The molecule has 2 N–H and O–H groups in total. The molecule has 1 aromatic carbocycles. The molecule has 1 atom stereocenters. The number of rotatable bonds is 4. The summed E-state index contributed by atoms with van der Waals surface area (Å²) in [5, 5.41) is 0. The molecule has 0 bridgehead atoms. The second kappa shape index (κ2) is 4.55. The largest absolute Gasteiger partial charge is 0.321 e. The molecular weight excluding hydrogens is 214 g/mol. The zero-order valence-electron chi connectivity index (χ0n) is 8.38. The predicted octanol–water partition coefficient (Wildman–Crippen LogP) is 0.295. The molecule has 82 valence electrons. The summed E-state index contributed by atoms with van der Waals surface area (Å²) in [6.45, 7) is 1.87.